The fourth-order valence-electron chi connectivity index (χ4n) is 3.58. The van der Waals surface area contributed by atoms with Crippen molar-refractivity contribution in [1.29, 1.82) is 0 Å². The lowest BCUT2D eigenvalue weighted by molar-refractivity contribution is 0.251. The Kier molecular flexibility index (Phi) is 4.29. The molecule has 2 N–H and O–H groups in total. The van der Waals surface area contributed by atoms with Gasteiger partial charge in [0, 0.05) is 13.1 Å². The zero-order valence-electron chi connectivity index (χ0n) is 13.3. The molecule has 1 saturated carbocycles. The molecule has 1 aliphatic heterocycles. The lowest BCUT2D eigenvalue weighted by atomic mass is 9.75. The first-order valence-electron chi connectivity index (χ1n) is 8.28. The van der Waals surface area contributed by atoms with Crippen LogP contribution in [0.2, 0.25) is 0 Å². The van der Waals surface area contributed by atoms with Gasteiger partial charge in [-0.15, -0.1) is 0 Å². The lowest BCUT2D eigenvalue weighted by Crippen LogP contribution is -2.61. The zero-order chi connectivity index (χ0) is 14.7. The Bertz CT molecular complexity index is 513. The minimum Gasteiger partial charge on any atom is -0.368 e. The standard InChI is InChI=1S/C18H27N3/c1-14-7-9-18(10-8-14)17(19-11-12-21-18)20-13-16-6-4-3-5-15(16)2/h3-6,14,21H,7-13H2,1-2H3,(H,19,20). The molecule has 0 aromatic heterocycles. The summed E-state index contributed by atoms with van der Waals surface area (Å²) in [6, 6.07) is 8.59. The summed E-state index contributed by atoms with van der Waals surface area (Å²) in [6.45, 7) is 7.34. The molecule has 3 heteroatoms. The lowest BCUT2D eigenvalue weighted by Gasteiger charge is -2.43. The van der Waals surface area contributed by atoms with Gasteiger partial charge in [0.1, 0.15) is 5.84 Å². The molecule has 3 rings (SSSR count). The predicted octanol–water partition coefficient (Wildman–Crippen LogP) is 3.04. The third-order valence-electron chi connectivity index (χ3n) is 5.13. The van der Waals surface area contributed by atoms with E-state index < -0.39 is 0 Å². The number of hydrogen-bond acceptors (Lipinski definition) is 3. The minimum absolute atomic E-state index is 0.118. The van der Waals surface area contributed by atoms with Gasteiger partial charge in [-0.1, -0.05) is 31.2 Å². The van der Waals surface area contributed by atoms with Crippen LogP contribution < -0.4 is 10.6 Å². The van der Waals surface area contributed by atoms with Crippen molar-refractivity contribution >= 4 is 5.84 Å². The van der Waals surface area contributed by atoms with Crippen LogP contribution in [0.1, 0.15) is 43.7 Å². The van der Waals surface area contributed by atoms with Gasteiger partial charge in [-0.05, 0) is 49.7 Å². The third kappa shape index (κ3) is 3.13. The first-order valence-corrected chi connectivity index (χ1v) is 8.28. The van der Waals surface area contributed by atoms with Crippen LogP contribution in [0.4, 0.5) is 0 Å². The normalized spacial score (nSPS) is 29.2. The Hall–Kier alpha value is -1.35. The molecule has 1 fully saturated rings. The van der Waals surface area contributed by atoms with Gasteiger partial charge < -0.3 is 10.6 Å². The van der Waals surface area contributed by atoms with Crippen molar-refractivity contribution in [2.75, 3.05) is 13.1 Å². The average molecular weight is 285 g/mol. The molecule has 0 atom stereocenters. The number of benzene rings is 1. The molecule has 1 aromatic rings. The first-order chi connectivity index (χ1) is 10.2. The molecule has 0 radical (unpaired) electrons. The van der Waals surface area contributed by atoms with E-state index in [0.29, 0.717) is 0 Å². The highest BCUT2D eigenvalue weighted by atomic mass is 15.1. The van der Waals surface area contributed by atoms with Gasteiger partial charge in [0.05, 0.1) is 12.1 Å². The summed E-state index contributed by atoms with van der Waals surface area (Å²) in [7, 11) is 0. The molecular formula is C18H27N3. The highest BCUT2D eigenvalue weighted by Gasteiger charge is 2.39. The largest absolute Gasteiger partial charge is 0.368 e. The van der Waals surface area contributed by atoms with Crippen molar-refractivity contribution < 1.29 is 0 Å². The number of nitrogens with zero attached hydrogens (tertiary/aromatic N) is 1. The van der Waals surface area contributed by atoms with Gasteiger partial charge in [-0.2, -0.15) is 0 Å². The summed E-state index contributed by atoms with van der Waals surface area (Å²) in [6.07, 6.45) is 5.04. The summed E-state index contributed by atoms with van der Waals surface area (Å²) in [5, 5.41) is 7.40. The highest BCUT2D eigenvalue weighted by molar-refractivity contribution is 5.92. The van der Waals surface area contributed by atoms with Crippen LogP contribution in [0, 0.1) is 12.8 Å². The van der Waals surface area contributed by atoms with E-state index in [0.717, 1.165) is 25.6 Å². The summed E-state index contributed by atoms with van der Waals surface area (Å²) in [5.74, 6) is 2.06. The minimum atomic E-state index is 0.118. The van der Waals surface area contributed by atoms with Crippen molar-refractivity contribution in [3.8, 4) is 0 Å². The van der Waals surface area contributed by atoms with E-state index in [4.69, 9.17) is 4.99 Å². The number of rotatable bonds is 2. The summed E-state index contributed by atoms with van der Waals surface area (Å²) in [4.78, 5) is 4.82. The van der Waals surface area contributed by atoms with Gasteiger partial charge in [0.2, 0.25) is 0 Å². The molecular weight excluding hydrogens is 258 g/mol. The Balaban J connectivity index is 1.71. The van der Waals surface area contributed by atoms with Crippen molar-refractivity contribution in [3.05, 3.63) is 35.4 Å². The molecule has 2 aliphatic rings. The van der Waals surface area contributed by atoms with E-state index in [1.54, 1.807) is 0 Å². The van der Waals surface area contributed by atoms with Crippen LogP contribution in [0.15, 0.2) is 29.3 Å². The highest BCUT2D eigenvalue weighted by Crippen LogP contribution is 2.33. The number of nitrogens with one attached hydrogen (secondary N) is 2. The first kappa shape index (κ1) is 14.6. The Morgan fingerprint density at radius 3 is 2.81 bits per heavy atom. The smallest absolute Gasteiger partial charge is 0.117 e. The quantitative estimate of drug-likeness (QED) is 0.876. The van der Waals surface area contributed by atoms with Gasteiger partial charge in [0.15, 0.2) is 0 Å². The van der Waals surface area contributed by atoms with Crippen LogP contribution in [0.3, 0.4) is 0 Å². The molecule has 1 spiro atoms. The fraction of sp³-hybridized carbons (Fsp3) is 0.611. The van der Waals surface area contributed by atoms with Crippen LogP contribution in [0.25, 0.3) is 0 Å². The van der Waals surface area contributed by atoms with Crippen molar-refractivity contribution in [2.45, 2.75) is 51.6 Å². The number of aryl methyl sites for hydroxylation is 1. The van der Waals surface area contributed by atoms with E-state index in [2.05, 4.69) is 48.7 Å². The van der Waals surface area contributed by atoms with Gasteiger partial charge in [0.25, 0.3) is 0 Å². The number of hydrogen-bond donors (Lipinski definition) is 2. The second kappa shape index (κ2) is 6.18. The van der Waals surface area contributed by atoms with Gasteiger partial charge in [-0.3, -0.25) is 4.99 Å². The third-order valence-corrected chi connectivity index (χ3v) is 5.13. The van der Waals surface area contributed by atoms with Crippen molar-refractivity contribution in [1.82, 2.24) is 10.6 Å². The topological polar surface area (TPSA) is 36.4 Å². The van der Waals surface area contributed by atoms with E-state index in [1.165, 1.54) is 42.6 Å². The molecule has 21 heavy (non-hydrogen) atoms. The van der Waals surface area contributed by atoms with Crippen LogP contribution in [-0.2, 0) is 6.54 Å². The fourth-order valence-corrected chi connectivity index (χ4v) is 3.58. The van der Waals surface area contributed by atoms with Crippen LogP contribution in [0.5, 0.6) is 0 Å². The molecule has 3 nitrogen and oxygen atoms in total. The maximum atomic E-state index is 4.82. The molecule has 0 unspecified atom stereocenters. The summed E-state index contributed by atoms with van der Waals surface area (Å²) in [5.41, 5.74) is 2.83. The summed E-state index contributed by atoms with van der Waals surface area (Å²) >= 11 is 0. The maximum absolute atomic E-state index is 4.82. The van der Waals surface area contributed by atoms with E-state index in [-0.39, 0.29) is 5.54 Å². The second-order valence-corrected chi connectivity index (χ2v) is 6.70. The Morgan fingerprint density at radius 1 is 1.29 bits per heavy atom. The number of amidine groups is 1. The second-order valence-electron chi connectivity index (χ2n) is 6.70. The molecule has 0 saturated heterocycles. The van der Waals surface area contributed by atoms with Gasteiger partial charge in [-0.25, -0.2) is 0 Å². The maximum Gasteiger partial charge on any atom is 0.117 e. The molecule has 0 bridgehead atoms. The average Bonchev–Trinajstić information content (AvgIpc) is 2.51. The molecule has 0 amide bonds. The predicted molar refractivity (Wildman–Crippen MR) is 88.7 cm³/mol. The van der Waals surface area contributed by atoms with E-state index >= 15 is 0 Å². The Morgan fingerprint density at radius 2 is 2.05 bits per heavy atom. The monoisotopic (exact) mass is 285 g/mol. The SMILES string of the molecule is Cc1ccccc1CNC1=NCCNC12CCC(C)CC2. The molecule has 1 aromatic carbocycles. The molecule has 114 valence electrons. The Labute approximate surface area is 128 Å². The van der Waals surface area contributed by atoms with Crippen molar-refractivity contribution in [2.24, 2.45) is 10.9 Å². The number of aliphatic imine (C=N–C) groups is 1. The van der Waals surface area contributed by atoms with Gasteiger partial charge >= 0.3 is 0 Å². The van der Waals surface area contributed by atoms with Crippen molar-refractivity contribution in [3.63, 3.8) is 0 Å². The molecule has 1 heterocycles. The van der Waals surface area contributed by atoms with E-state index in [9.17, 15) is 0 Å². The van der Waals surface area contributed by atoms with E-state index in [1.807, 2.05) is 0 Å². The molecule has 1 aliphatic carbocycles. The summed E-state index contributed by atoms with van der Waals surface area (Å²) < 4.78 is 0. The van der Waals surface area contributed by atoms with Crippen LogP contribution in [-0.4, -0.2) is 24.5 Å². The zero-order valence-corrected chi connectivity index (χ0v) is 13.3. The van der Waals surface area contributed by atoms with Crippen LogP contribution >= 0.6 is 0 Å².